The van der Waals surface area contributed by atoms with Crippen molar-refractivity contribution < 1.29 is 4.79 Å². The molecule has 1 aliphatic carbocycles. The summed E-state index contributed by atoms with van der Waals surface area (Å²) in [6, 6.07) is -0.0302. The van der Waals surface area contributed by atoms with Crippen molar-refractivity contribution in [2.75, 3.05) is 0 Å². The van der Waals surface area contributed by atoms with Crippen LogP contribution >= 0.6 is 11.6 Å². The first-order chi connectivity index (χ1) is 9.43. The average molecular weight is 298 g/mol. The highest BCUT2D eigenvalue weighted by Gasteiger charge is 2.42. The molecule has 2 atom stereocenters. The number of ketones is 1. The van der Waals surface area contributed by atoms with Crippen molar-refractivity contribution in [3.05, 3.63) is 16.4 Å². The molecule has 0 aliphatic heterocycles. The Morgan fingerprint density at radius 1 is 1.55 bits per heavy atom. The maximum absolute atomic E-state index is 12.7. The Morgan fingerprint density at radius 2 is 2.25 bits per heavy atom. The zero-order chi connectivity index (χ0) is 14.9. The van der Waals surface area contributed by atoms with Crippen molar-refractivity contribution in [3.63, 3.8) is 0 Å². The molecule has 0 amide bonds. The second kappa shape index (κ2) is 5.86. The van der Waals surface area contributed by atoms with E-state index in [1.165, 1.54) is 0 Å². The van der Waals surface area contributed by atoms with E-state index in [9.17, 15) is 4.79 Å². The molecule has 2 N–H and O–H groups in total. The third-order valence-electron chi connectivity index (χ3n) is 4.69. The van der Waals surface area contributed by atoms with E-state index in [1.807, 2.05) is 25.5 Å². The highest BCUT2D eigenvalue weighted by atomic mass is 35.5. The first-order valence-electron chi connectivity index (χ1n) is 7.47. The van der Waals surface area contributed by atoms with Crippen molar-refractivity contribution >= 4 is 17.4 Å². The number of hydrogen-bond donors (Lipinski definition) is 1. The summed E-state index contributed by atoms with van der Waals surface area (Å²) in [6.07, 6.45) is 3.97. The summed E-state index contributed by atoms with van der Waals surface area (Å²) in [5.41, 5.74) is 7.44. The van der Waals surface area contributed by atoms with Crippen molar-refractivity contribution in [2.24, 2.45) is 11.1 Å². The fourth-order valence-electron chi connectivity index (χ4n) is 3.08. The number of carbonyl (C=O) groups excluding carboxylic acids is 1. The Hall–Kier alpha value is -0.870. The van der Waals surface area contributed by atoms with Crippen molar-refractivity contribution in [3.8, 4) is 0 Å². The average Bonchev–Trinajstić information content (AvgIpc) is 2.93. The lowest BCUT2D eigenvalue weighted by Crippen LogP contribution is -2.42. The van der Waals surface area contributed by atoms with Gasteiger partial charge in [0.15, 0.2) is 0 Å². The molecule has 2 rings (SSSR count). The minimum Gasteiger partial charge on any atom is -0.327 e. The first kappa shape index (κ1) is 15.5. The second-order valence-corrected chi connectivity index (χ2v) is 6.27. The topological polar surface area (TPSA) is 60.9 Å². The van der Waals surface area contributed by atoms with Gasteiger partial charge in [0.1, 0.15) is 5.78 Å². The van der Waals surface area contributed by atoms with Crippen LogP contribution in [-0.2, 0) is 24.2 Å². The van der Waals surface area contributed by atoms with E-state index in [2.05, 4.69) is 5.10 Å². The van der Waals surface area contributed by atoms with E-state index in [-0.39, 0.29) is 11.8 Å². The van der Waals surface area contributed by atoms with E-state index in [0.717, 1.165) is 43.6 Å². The van der Waals surface area contributed by atoms with Gasteiger partial charge in [-0.1, -0.05) is 31.9 Å². The standard InChI is InChI=1S/C15H24ClN3O/c1-4-10-14(16)11(19(5-2)18-10)9-13(20)15(3)8-6-7-12(15)17/h12H,4-9,17H2,1-3H3. The van der Waals surface area contributed by atoms with Crippen LogP contribution in [0.4, 0.5) is 0 Å². The van der Waals surface area contributed by atoms with E-state index in [4.69, 9.17) is 17.3 Å². The van der Waals surface area contributed by atoms with Crippen LogP contribution in [0.15, 0.2) is 0 Å². The fraction of sp³-hybridized carbons (Fsp3) is 0.733. The summed E-state index contributed by atoms with van der Waals surface area (Å²) in [5.74, 6) is 0.196. The highest BCUT2D eigenvalue weighted by Crippen LogP contribution is 2.39. The third-order valence-corrected chi connectivity index (χ3v) is 5.13. The largest absolute Gasteiger partial charge is 0.327 e. The molecule has 112 valence electrons. The minimum absolute atomic E-state index is 0.0302. The summed E-state index contributed by atoms with van der Waals surface area (Å²) < 4.78 is 1.85. The summed E-state index contributed by atoms with van der Waals surface area (Å²) >= 11 is 6.37. The molecule has 0 radical (unpaired) electrons. The molecule has 4 nitrogen and oxygen atoms in total. The van der Waals surface area contributed by atoms with Crippen LogP contribution in [0.3, 0.4) is 0 Å². The lowest BCUT2D eigenvalue weighted by Gasteiger charge is -2.27. The van der Waals surface area contributed by atoms with Crippen molar-refractivity contribution in [1.82, 2.24) is 9.78 Å². The smallest absolute Gasteiger partial charge is 0.146 e. The Morgan fingerprint density at radius 3 is 2.75 bits per heavy atom. The predicted molar refractivity (Wildman–Crippen MR) is 80.9 cm³/mol. The number of halogens is 1. The molecular weight excluding hydrogens is 274 g/mol. The van der Waals surface area contributed by atoms with Crippen LogP contribution in [0.25, 0.3) is 0 Å². The number of rotatable bonds is 5. The Bertz CT molecular complexity index is 511. The second-order valence-electron chi connectivity index (χ2n) is 5.89. The van der Waals surface area contributed by atoms with Gasteiger partial charge in [0.2, 0.25) is 0 Å². The van der Waals surface area contributed by atoms with Gasteiger partial charge in [0.25, 0.3) is 0 Å². The first-order valence-corrected chi connectivity index (χ1v) is 7.84. The maximum atomic E-state index is 12.7. The molecule has 20 heavy (non-hydrogen) atoms. The SMILES string of the molecule is CCc1nn(CC)c(CC(=O)C2(C)CCCC2N)c1Cl. The number of hydrogen-bond acceptors (Lipinski definition) is 3. The molecule has 1 aromatic heterocycles. The van der Waals surface area contributed by atoms with Gasteiger partial charge in [0.05, 0.1) is 22.8 Å². The number of carbonyl (C=O) groups is 1. The molecule has 5 heteroatoms. The van der Waals surface area contributed by atoms with Gasteiger partial charge in [-0.15, -0.1) is 0 Å². The molecule has 0 aromatic carbocycles. The lowest BCUT2D eigenvalue weighted by atomic mass is 9.79. The molecule has 1 heterocycles. The molecule has 0 bridgehead atoms. The van der Waals surface area contributed by atoms with Crippen LogP contribution in [-0.4, -0.2) is 21.6 Å². The van der Waals surface area contributed by atoms with E-state index in [1.54, 1.807) is 0 Å². The maximum Gasteiger partial charge on any atom is 0.146 e. The van der Waals surface area contributed by atoms with Gasteiger partial charge in [-0.05, 0) is 26.2 Å². The van der Waals surface area contributed by atoms with Crippen LogP contribution < -0.4 is 5.73 Å². The Labute approximate surface area is 125 Å². The monoisotopic (exact) mass is 297 g/mol. The molecular formula is C15H24ClN3O. The molecule has 0 saturated heterocycles. The van der Waals surface area contributed by atoms with Crippen LogP contribution in [0.5, 0.6) is 0 Å². The van der Waals surface area contributed by atoms with Gasteiger partial charge >= 0.3 is 0 Å². The van der Waals surface area contributed by atoms with E-state index in [0.29, 0.717) is 11.4 Å². The van der Waals surface area contributed by atoms with E-state index < -0.39 is 5.41 Å². The highest BCUT2D eigenvalue weighted by molar-refractivity contribution is 6.32. The molecule has 2 unspecified atom stereocenters. The summed E-state index contributed by atoms with van der Waals surface area (Å²) in [4.78, 5) is 12.7. The van der Waals surface area contributed by atoms with Gasteiger partial charge < -0.3 is 5.73 Å². The summed E-state index contributed by atoms with van der Waals surface area (Å²) in [6.45, 7) is 6.76. The minimum atomic E-state index is -0.404. The Kier molecular flexibility index (Phi) is 4.55. The summed E-state index contributed by atoms with van der Waals surface area (Å²) in [5, 5.41) is 5.12. The molecule has 1 aromatic rings. The molecule has 1 aliphatic rings. The zero-order valence-electron chi connectivity index (χ0n) is 12.6. The number of aryl methyl sites for hydroxylation is 2. The Balaban J connectivity index is 2.26. The van der Waals surface area contributed by atoms with E-state index >= 15 is 0 Å². The van der Waals surface area contributed by atoms with Crippen LogP contribution in [0.2, 0.25) is 5.02 Å². The number of Topliss-reactive ketones (excluding diaryl/α,β-unsaturated/α-hetero) is 1. The van der Waals surface area contributed by atoms with Gasteiger partial charge in [-0.25, -0.2) is 0 Å². The lowest BCUT2D eigenvalue weighted by molar-refractivity contribution is -0.127. The number of nitrogens with zero attached hydrogens (tertiary/aromatic N) is 2. The third kappa shape index (κ3) is 2.51. The molecule has 1 saturated carbocycles. The van der Waals surface area contributed by atoms with Crippen LogP contribution in [0.1, 0.15) is 51.4 Å². The number of aromatic nitrogens is 2. The van der Waals surface area contributed by atoms with Crippen LogP contribution in [0, 0.1) is 5.41 Å². The zero-order valence-corrected chi connectivity index (χ0v) is 13.3. The van der Waals surface area contributed by atoms with Crippen molar-refractivity contribution in [1.29, 1.82) is 0 Å². The molecule has 1 fully saturated rings. The normalized spacial score (nSPS) is 26.1. The van der Waals surface area contributed by atoms with Crippen molar-refractivity contribution in [2.45, 2.75) is 65.5 Å². The number of nitrogens with two attached hydrogens (primary N) is 1. The van der Waals surface area contributed by atoms with Gasteiger partial charge in [-0.3, -0.25) is 9.48 Å². The predicted octanol–water partition coefficient (Wildman–Crippen LogP) is 2.75. The molecule has 0 spiro atoms. The quantitative estimate of drug-likeness (QED) is 0.909. The van der Waals surface area contributed by atoms with Gasteiger partial charge in [0, 0.05) is 18.0 Å². The fourth-order valence-corrected chi connectivity index (χ4v) is 3.42. The van der Waals surface area contributed by atoms with Gasteiger partial charge in [-0.2, -0.15) is 5.10 Å². The summed E-state index contributed by atoms with van der Waals surface area (Å²) in [7, 11) is 0.